The number of primary amides is 1. The molecule has 4 heteroatoms. The molecule has 1 aromatic heterocycles. The second kappa shape index (κ2) is 6.70. The Morgan fingerprint density at radius 2 is 1.91 bits per heavy atom. The smallest absolute Gasteiger partial charge is 0.251 e. The molecule has 23 heavy (non-hydrogen) atoms. The lowest BCUT2D eigenvalue weighted by molar-refractivity contribution is 0.1000. The zero-order valence-corrected chi connectivity index (χ0v) is 14.2. The molecule has 0 radical (unpaired) electrons. The van der Waals surface area contributed by atoms with Gasteiger partial charge in [-0.2, -0.15) is 5.26 Å². The predicted octanol–water partition coefficient (Wildman–Crippen LogP) is 3.97. The molecule has 1 aromatic carbocycles. The molecule has 0 aliphatic carbocycles. The van der Waals surface area contributed by atoms with Gasteiger partial charge in [-0.1, -0.05) is 25.5 Å². The Morgan fingerprint density at radius 3 is 2.35 bits per heavy atom. The lowest BCUT2D eigenvalue weighted by atomic mass is 9.97. The SMILES string of the molecule is CCCc1c(-c2ccc(C#N)cc2)c(C(N)=O)c(C)n1C(C)C. The van der Waals surface area contributed by atoms with E-state index in [0.717, 1.165) is 35.4 Å². The highest BCUT2D eigenvalue weighted by molar-refractivity contribution is 6.02. The van der Waals surface area contributed by atoms with Crippen LogP contribution in [0.4, 0.5) is 0 Å². The van der Waals surface area contributed by atoms with Crippen molar-refractivity contribution in [1.82, 2.24) is 4.57 Å². The fourth-order valence-electron chi connectivity index (χ4n) is 3.27. The van der Waals surface area contributed by atoms with E-state index in [4.69, 9.17) is 11.0 Å². The van der Waals surface area contributed by atoms with Crippen LogP contribution in [0.1, 0.15) is 60.5 Å². The number of hydrogen-bond donors (Lipinski definition) is 1. The van der Waals surface area contributed by atoms with Gasteiger partial charge in [0.15, 0.2) is 0 Å². The molecule has 0 spiro atoms. The summed E-state index contributed by atoms with van der Waals surface area (Å²) in [7, 11) is 0. The summed E-state index contributed by atoms with van der Waals surface area (Å²) in [5.74, 6) is -0.404. The van der Waals surface area contributed by atoms with Gasteiger partial charge < -0.3 is 10.3 Å². The van der Waals surface area contributed by atoms with Crippen molar-refractivity contribution in [3.8, 4) is 17.2 Å². The number of aromatic nitrogens is 1. The Labute approximate surface area is 137 Å². The average Bonchev–Trinajstić information content (AvgIpc) is 2.80. The van der Waals surface area contributed by atoms with E-state index in [2.05, 4.69) is 31.4 Å². The van der Waals surface area contributed by atoms with Gasteiger partial charge in [-0.05, 0) is 44.9 Å². The Balaban J connectivity index is 2.80. The van der Waals surface area contributed by atoms with Crippen molar-refractivity contribution in [2.24, 2.45) is 5.73 Å². The Kier molecular flexibility index (Phi) is 4.90. The van der Waals surface area contributed by atoms with Crippen LogP contribution in [0.2, 0.25) is 0 Å². The topological polar surface area (TPSA) is 71.8 Å². The molecule has 2 N–H and O–H groups in total. The second-order valence-corrected chi connectivity index (χ2v) is 6.05. The van der Waals surface area contributed by atoms with Gasteiger partial charge in [-0.25, -0.2) is 0 Å². The molecule has 0 bridgehead atoms. The van der Waals surface area contributed by atoms with E-state index in [1.54, 1.807) is 12.1 Å². The van der Waals surface area contributed by atoms with Gasteiger partial charge in [0.25, 0.3) is 5.91 Å². The fraction of sp³-hybridized carbons (Fsp3) is 0.368. The molecule has 0 saturated heterocycles. The molecular weight excluding hydrogens is 286 g/mol. The molecular formula is C19H23N3O. The van der Waals surface area contributed by atoms with E-state index < -0.39 is 5.91 Å². The quantitative estimate of drug-likeness (QED) is 0.907. The van der Waals surface area contributed by atoms with E-state index in [-0.39, 0.29) is 6.04 Å². The summed E-state index contributed by atoms with van der Waals surface area (Å²) in [6, 6.07) is 9.71. The van der Waals surface area contributed by atoms with Crippen LogP contribution in [-0.4, -0.2) is 10.5 Å². The number of carbonyl (C=O) groups excluding carboxylic acids is 1. The van der Waals surface area contributed by atoms with Gasteiger partial charge in [0.05, 0.1) is 17.2 Å². The zero-order chi connectivity index (χ0) is 17.1. The van der Waals surface area contributed by atoms with Crippen LogP contribution in [0.25, 0.3) is 11.1 Å². The summed E-state index contributed by atoms with van der Waals surface area (Å²) in [5.41, 5.74) is 10.8. The molecule has 2 aromatic rings. The van der Waals surface area contributed by atoms with Crippen LogP contribution in [0, 0.1) is 18.3 Å². The summed E-state index contributed by atoms with van der Waals surface area (Å²) in [6.45, 7) is 8.30. The molecule has 0 saturated carbocycles. The molecule has 1 amide bonds. The van der Waals surface area contributed by atoms with Crippen LogP contribution >= 0.6 is 0 Å². The van der Waals surface area contributed by atoms with Gasteiger partial charge in [-0.15, -0.1) is 0 Å². The molecule has 0 aliphatic heterocycles. The number of nitrogens with two attached hydrogens (primary N) is 1. The molecule has 120 valence electrons. The average molecular weight is 309 g/mol. The van der Waals surface area contributed by atoms with E-state index in [1.165, 1.54) is 0 Å². The van der Waals surface area contributed by atoms with Crippen molar-refractivity contribution in [2.75, 3.05) is 0 Å². The standard InChI is InChI=1S/C19H23N3O/c1-5-6-16-18(15-9-7-14(11-20)8-10-15)17(19(21)23)13(4)22(16)12(2)3/h7-10,12H,5-6H2,1-4H3,(H2,21,23). The van der Waals surface area contributed by atoms with Crippen molar-refractivity contribution >= 4 is 5.91 Å². The maximum atomic E-state index is 12.1. The Morgan fingerprint density at radius 1 is 1.30 bits per heavy atom. The first-order valence-electron chi connectivity index (χ1n) is 7.96. The van der Waals surface area contributed by atoms with Gasteiger partial charge in [-0.3, -0.25) is 4.79 Å². The lowest BCUT2D eigenvalue weighted by Gasteiger charge is -2.16. The summed E-state index contributed by atoms with van der Waals surface area (Å²) in [6.07, 6.45) is 1.86. The van der Waals surface area contributed by atoms with Crippen LogP contribution < -0.4 is 5.73 Å². The van der Waals surface area contributed by atoms with Crippen LogP contribution in [0.15, 0.2) is 24.3 Å². The van der Waals surface area contributed by atoms with Gasteiger partial charge in [0.2, 0.25) is 0 Å². The molecule has 1 heterocycles. The molecule has 2 rings (SSSR count). The number of nitriles is 1. The van der Waals surface area contributed by atoms with Crippen molar-refractivity contribution in [2.45, 2.75) is 46.6 Å². The van der Waals surface area contributed by atoms with Crippen LogP contribution in [0.3, 0.4) is 0 Å². The highest BCUT2D eigenvalue weighted by atomic mass is 16.1. The second-order valence-electron chi connectivity index (χ2n) is 6.05. The molecule has 0 unspecified atom stereocenters. The molecule has 0 aliphatic rings. The van der Waals surface area contributed by atoms with Crippen molar-refractivity contribution in [3.63, 3.8) is 0 Å². The summed E-state index contributed by atoms with van der Waals surface area (Å²) < 4.78 is 2.21. The number of benzene rings is 1. The highest BCUT2D eigenvalue weighted by Gasteiger charge is 2.25. The zero-order valence-electron chi connectivity index (χ0n) is 14.2. The monoisotopic (exact) mass is 309 g/mol. The number of hydrogen-bond acceptors (Lipinski definition) is 2. The van der Waals surface area contributed by atoms with Gasteiger partial charge >= 0.3 is 0 Å². The largest absolute Gasteiger partial charge is 0.366 e. The fourth-order valence-corrected chi connectivity index (χ4v) is 3.27. The maximum Gasteiger partial charge on any atom is 0.251 e. The molecule has 0 atom stereocenters. The first-order chi connectivity index (χ1) is 10.9. The minimum absolute atomic E-state index is 0.252. The summed E-state index contributed by atoms with van der Waals surface area (Å²) in [4.78, 5) is 12.1. The number of amides is 1. The third kappa shape index (κ3) is 3.00. The first kappa shape index (κ1) is 16.8. The van der Waals surface area contributed by atoms with Crippen molar-refractivity contribution < 1.29 is 4.79 Å². The number of carbonyl (C=O) groups is 1. The normalized spacial score (nSPS) is 10.8. The number of rotatable bonds is 5. The minimum Gasteiger partial charge on any atom is -0.366 e. The van der Waals surface area contributed by atoms with E-state index >= 15 is 0 Å². The molecule has 0 fully saturated rings. The van der Waals surface area contributed by atoms with E-state index in [1.807, 2.05) is 19.1 Å². The van der Waals surface area contributed by atoms with E-state index in [0.29, 0.717) is 11.1 Å². The Bertz CT molecular complexity index is 761. The van der Waals surface area contributed by atoms with Crippen LogP contribution in [0.5, 0.6) is 0 Å². The maximum absolute atomic E-state index is 12.1. The predicted molar refractivity (Wildman–Crippen MR) is 92.2 cm³/mol. The summed E-state index contributed by atoms with van der Waals surface area (Å²) >= 11 is 0. The van der Waals surface area contributed by atoms with Crippen LogP contribution in [-0.2, 0) is 6.42 Å². The Hall–Kier alpha value is -2.54. The number of nitrogens with zero attached hydrogens (tertiary/aromatic N) is 2. The lowest BCUT2D eigenvalue weighted by Crippen LogP contribution is -2.14. The third-order valence-electron chi connectivity index (χ3n) is 4.10. The highest BCUT2D eigenvalue weighted by Crippen LogP contribution is 2.35. The van der Waals surface area contributed by atoms with E-state index in [9.17, 15) is 4.79 Å². The minimum atomic E-state index is -0.404. The van der Waals surface area contributed by atoms with Crippen molar-refractivity contribution in [1.29, 1.82) is 5.26 Å². The molecule has 4 nitrogen and oxygen atoms in total. The third-order valence-corrected chi connectivity index (χ3v) is 4.10. The van der Waals surface area contributed by atoms with Gasteiger partial charge in [0, 0.05) is 23.0 Å². The first-order valence-corrected chi connectivity index (χ1v) is 7.96. The van der Waals surface area contributed by atoms with Crippen molar-refractivity contribution in [3.05, 3.63) is 46.8 Å². The van der Waals surface area contributed by atoms with Gasteiger partial charge in [0.1, 0.15) is 0 Å². The summed E-state index contributed by atoms with van der Waals surface area (Å²) in [5, 5.41) is 8.97.